The van der Waals surface area contributed by atoms with Crippen molar-refractivity contribution < 1.29 is 4.74 Å². The third-order valence-electron chi connectivity index (χ3n) is 3.75. The number of likely N-dealkylation sites (tertiary alicyclic amines) is 1. The summed E-state index contributed by atoms with van der Waals surface area (Å²) in [5, 5.41) is 0. The largest absolute Gasteiger partial charge is 0.378 e. The summed E-state index contributed by atoms with van der Waals surface area (Å²) < 4.78 is 5.78. The fourth-order valence-corrected chi connectivity index (χ4v) is 2.51. The first-order chi connectivity index (χ1) is 7.10. The van der Waals surface area contributed by atoms with Crippen LogP contribution in [0, 0.1) is 11.3 Å². The van der Waals surface area contributed by atoms with Crippen molar-refractivity contribution in [2.45, 2.75) is 46.1 Å². The lowest BCUT2D eigenvalue weighted by Crippen LogP contribution is -2.31. The van der Waals surface area contributed by atoms with E-state index in [9.17, 15) is 0 Å². The highest BCUT2D eigenvalue weighted by molar-refractivity contribution is 4.96. The number of nitrogens with zero attached hydrogens (tertiary/aromatic N) is 1. The van der Waals surface area contributed by atoms with Crippen LogP contribution in [0.4, 0.5) is 0 Å². The van der Waals surface area contributed by atoms with Gasteiger partial charge in [0.2, 0.25) is 0 Å². The molecule has 0 aromatic heterocycles. The van der Waals surface area contributed by atoms with Crippen LogP contribution in [0.25, 0.3) is 0 Å². The Morgan fingerprint density at radius 1 is 1.40 bits per heavy atom. The molecule has 2 aliphatic rings. The lowest BCUT2D eigenvalue weighted by molar-refractivity contribution is 0.0332. The quantitative estimate of drug-likeness (QED) is 0.693. The minimum absolute atomic E-state index is 0.389. The van der Waals surface area contributed by atoms with Gasteiger partial charge in [0.1, 0.15) is 0 Å². The van der Waals surface area contributed by atoms with Gasteiger partial charge in [-0.1, -0.05) is 6.92 Å². The van der Waals surface area contributed by atoms with E-state index in [4.69, 9.17) is 4.74 Å². The minimum Gasteiger partial charge on any atom is -0.378 e. The van der Waals surface area contributed by atoms with E-state index in [2.05, 4.69) is 25.7 Å². The molecule has 1 atom stereocenters. The maximum Gasteiger partial charge on any atom is 0.0538 e. The molecular formula is C13H25NO. The van der Waals surface area contributed by atoms with Crippen molar-refractivity contribution in [2.75, 3.05) is 26.2 Å². The van der Waals surface area contributed by atoms with Gasteiger partial charge in [-0.15, -0.1) is 0 Å². The molecule has 1 aliphatic carbocycles. The Morgan fingerprint density at radius 2 is 2.13 bits per heavy atom. The summed E-state index contributed by atoms with van der Waals surface area (Å²) in [4.78, 5) is 2.64. The summed E-state index contributed by atoms with van der Waals surface area (Å²) in [6.07, 6.45) is 4.54. The smallest absolute Gasteiger partial charge is 0.0538 e. The molecular weight excluding hydrogens is 186 g/mol. The molecule has 1 aliphatic heterocycles. The van der Waals surface area contributed by atoms with E-state index in [-0.39, 0.29) is 0 Å². The molecule has 1 saturated heterocycles. The van der Waals surface area contributed by atoms with Crippen molar-refractivity contribution >= 4 is 0 Å². The minimum atomic E-state index is 0.389. The Hall–Kier alpha value is -0.0800. The zero-order valence-corrected chi connectivity index (χ0v) is 10.5. The highest BCUT2D eigenvalue weighted by Gasteiger charge is 2.44. The standard InChI is InChI=1S/C13H25NO/c1-11(2)15-10-13(5-6-13)9-14-7-4-12(3)8-14/h11-12H,4-10H2,1-3H3/t12-/m0/s1. The first-order valence-electron chi connectivity index (χ1n) is 6.44. The third kappa shape index (κ3) is 3.18. The van der Waals surface area contributed by atoms with Gasteiger partial charge in [0.15, 0.2) is 0 Å². The molecule has 0 unspecified atom stereocenters. The molecule has 1 heterocycles. The van der Waals surface area contributed by atoms with Crippen LogP contribution < -0.4 is 0 Å². The van der Waals surface area contributed by atoms with Crippen molar-refractivity contribution in [2.24, 2.45) is 11.3 Å². The summed E-state index contributed by atoms with van der Waals surface area (Å²) >= 11 is 0. The van der Waals surface area contributed by atoms with Crippen molar-refractivity contribution in [3.05, 3.63) is 0 Å². The molecule has 0 radical (unpaired) electrons. The summed E-state index contributed by atoms with van der Waals surface area (Å²) in [5.41, 5.74) is 0.536. The predicted octanol–water partition coefficient (Wildman–Crippen LogP) is 2.53. The van der Waals surface area contributed by atoms with Crippen LogP contribution in [0.2, 0.25) is 0 Å². The van der Waals surface area contributed by atoms with Crippen molar-refractivity contribution in [3.8, 4) is 0 Å². The molecule has 2 heteroatoms. The number of rotatable bonds is 5. The maximum absolute atomic E-state index is 5.78. The number of hydrogen-bond acceptors (Lipinski definition) is 2. The van der Waals surface area contributed by atoms with Gasteiger partial charge in [-0.05, 0) is 45.6 Å². The Morgan fingerprint density at radius 3 is 2.60 bits per heavy atom. The van der Waals surface area contributed by atoms with Gasteiger partial charge >= 0.3 is 0 Å². The van der Waals surface area contributed by atoms with E-state index >= 15 is 0 Å². The summed E-state index contributed by atoms with van der Waals surface area (Å²) in [6, 6.07) is 0. The van der Waals surface area contributed by atoms with Gasteiger partial charge in [0, 0.05) is 18.5 Å². The molecule has 0 amide bonds. The fraction of sp³-hybridized carbons (Fsp3) is 1.00. The SMILES string of the molecule is CC(C)OCC1(CN2CC[C@H](C)C2)CC1. The van der Waals surface area contributed by atoms with Crippen LogP contribution in [0.5, 0.6) is 0 Å². The predicted molar refractivity (Wildman–Crippen MR) is 63.0 cm³/mol. The van der Waals surface area contributed by atoms with E-state index in [0.29, 0.717) is 11.5 Å². The molecule has 0 aromatic rings. The fourth-order valence-electron chi connectivity index (χ4n) is 2.51. The van der Waals surface area contributed by atoms with Crippen molar-refractivity contribution in [1.82, 2.24) is 4.90 Å². The lowest BCUT2D eigenvalue weighted by Gasteiger charge is -2.24. The van der Waals surface area contributed by atoms with Gasteiger partial charge in [-0.2, -0.15) is 0 Å². The molecule has 0 N–H and O–H groups in total. The Balaban J connectivity index is 1.73. The highest BCUT2D eigenvalue weighted by atomic mass is 16.5. The first-order valence-corrected chi connectivity index (χ1v) is 6.44. The highest BCUT2D eigenvalue weighted by Crippen LogP contribution is 2.47. The molecule has 2 nitrogen and oxygen atoms in total. The zero-order valence-electron chi connectivity index (χ0n) is 10.5. The van der Waals surface area contributed by atoms with E-state index in [0.717, 1.165) is 12.5 Å². The second-order valence-corrected chi connectivity index (χ2v) is 5.99. The molecule has 0 spiro atoms. The molecule has 0 aromatic carbocycles. The van der Waals surface area contributed by atoms with E-state index < -0.39 is 0 Å². The zero-order chi connectivity index (χ0) is 10.9. The van der Waals surface area contributed by atoms with Gasteiger partial charge < -0.3 is 9.64 Å². The third-order valence-corrected chi connectivity index (χ3v) is 3.75. The molecule has 88 valence electrons. The second kappa shape index (κ2) is 4.42. The summed E-state index contributed by atoms with van der Waals surface area (Å²) in [5.74, 6) is 0.909. The molecule has 15 heavy (non-hydrogen) atoms. The van der Waals surface area contributed by atoms with Crippen LogP contribution in [-0.4, -0.2) is 37.2 Å². The van der Waals surface area contributed by atoms with E-state index in [1.807, 2.05) is 0 Å². The maximum atomic E-state index is 5.78. The van der Waals surface area contributed by atoms with Crippen LogP contribution in [-0.2, 0) is 4.74 Å². The first kappa shape index (κ1) is 11.4. The topological polar surface area (TPSA) is 12.5 Å². The molecule has 0 bridgehead atoms. The Labute approximate surface area is 94.0 Å². The van der Waals surface area contributed by atoms with Crippen molar-refractivity contribution in [1.29, 1.82) is 0 Å². The van der Waals surface area contributed by atoms with Gasteiger partial charge in [0.05, 0.1) is 12.7 Å². The van der Waals surface area contributed by atoms with Gasteiger partial charge in [-0.25, -0.2) is 0 Å². The Bertz CT molecular complexity index is 211. The van der Waals surface area contributed by atoms with Crippen LogP contribution in [0.3, 0.4) is 0 Å². The molecule has 1 saturated carbocycles. The molecule has 2 fully saturated rings. The molecule has 2 rings (SSSR count). The van der Waals surface area contributed by atoms with Gasteiger partial charge in [0.25, 0.3) is 0 Å². The van der Waals surface area contributed by atoms with Crippen LogP contribution in [0.1, 0.15) is 40.0 Å². The average molecular weight is 211 g/mol. The summed E-state index contributed by atoms with van der Waals surface area (Å²) in [6.45, 7) is 11.5. The lowest BCUT2D eigenvalue weighted by atomic mass is 10.1. The van der Waals surface area contributed by atoms with Crippen LogP contribution in [0.15, 0.2) is 0 Å². The van der Waals surface area contributed by atoms with Crippen molar-refractivity contribution in [3.63, 3.8) is 0 Å². The summed E-state index contributed by atoms with van der Waals surface area (Å²) in [7, 11) is 0. The normalized spacial score (nSPS) is 30.0. The number of ether oxygens (including phenoxy) is 1. The Kier molecular flexibility index (Phi) is 3.36. The van der Waals surface area contributed by atoms with Gasteiger partial charge in [-0.3, -0.25) is 0 Å². The monoisotopic (exact) mass is 211 g/mol. The number of hydrogen-bond donors (Lipinski definition) is 0. The van der Waals surface area contributed by atoms with Crippen LogP contribution >= 0.6 is 0 Å². The van der Waals surface area contributed by atoms with E-state index in [1.54, 1.807) is 0 Å². The second-order valence-electron chi connectivity index (χ2n) is 5.99. The average Bonchev–Trinajstić information content (AvgIpc) is 2.81. The van der Waals surface area contributed by atoms with E-state index in [1.165, 1.54) is 38.9 Å².